The lowest BCUT2D eigenvalue weighted by Gasteiger charge is -2.10. The van der Waals surface area contributed by atoms with Crippen molar-refractivity contribution < 1.29 is 9.26 Å². The first-order valence-electron chi connectivity index (χ1n) is 6.03. The van der Waals surface area contributed by atoms with E-state index in [9.17, 15) is 0 Å². The summed E-state index contributed by atoms with van der Waals surface area (Å²) in [6.45, 7) is 4.24. The molecule has 0 amide bonds. The van der Waals surface area contributed by atoms with E-state index in [1.807, 2.05) is 26.0 Å². The fraction of sp³-hybridized carbons (Fsp3) is 0.385. The molecule has 1 aromatic carbocycles. The van der Waals surface area contributed by atoms with E-state index in [4.69, 9.17) is 26.6 Å². The number of nitrogens with zero attached hydrogens (tertiary/aromatic N) is 2. The molecular formula is C13H16ClN3O2. The van der Waals surface area contributed by atoms with Crippen LogP contribution < -0.4 is 5.73 Å². The third kappa shape index (κ3) is 3.76. The Bertz CT molecular complexity index is 542. The Balaban J connectivity index is 2.10. The van der Waals surface area contributed by atoms with Gasteiger partial charge in [0, 0.05) is 10.6 Å². The highest BCUT2D eigenvalue weighted by molar-refractivity contribution is 6.30. The summed E-state index contributed by atoms with van der Waals surface area (Å²) in [5, 5.41) is 4.48. The molecule has 1 aromatic heterocycles. The molecule has 19 heavy (non-hydrogen) atoms. The zero-order valence-electron chi connectivity index (χ0n) is 10.8. The quantitative estimate of drug-likeness (QED) is 0.912. The highest BCUT2D eigenvalue weighted by Crippen LogP contribution is 2.22. The Kier molecular flexibility index (Phi) is 4.52. The van der Waals surface area contributed by atoms with Gasteiger partial charge in [-0.1, -0.05) is 22.8 Å². The Morgan fingerprint density at radius 2 is 2.21 bits per heavy atom. The fourth-order valence-corrected chi connectivity index (χ4v) is 1.69. The van der Waals surface area contributed by atoms with E-state index in [1.54, 1.807) is 12.1 Å². The maximum absolute atomic E-state index is 5.93. The van der Waals surface area contributed by atoms with Gasteiger partial charge in [-0.25, -0.2) is 0 Å². The summed E-state index contributed by atoms with van der Waals surface area (Å²) in [6, 6.07) is 6.81. The van der Waals surface area contributed by atoms with Crippen LogP contribution in [0.15, 0.2) is 28.8 Å². The van der Waals surface area contributed by atoms with Gasteiger partial charge >= 0.3 is 0 Å². The van der Waals surface area contributed by atoms with Crippen LogP contribution in [0, 0.1) is 0 Å². The van der Waals surface area contributed by atoms with Crippen molar-refractivity contribution in [3.8, 4) is 11.5 Å². The average Bonchev–Trinajstić information content (AvgIpc) is 2.85. The molecule has 0 bridgehead atoms. The first-order chi connectivity index (χ1) is 9.06. The molecule has 5 nitrogen and oxygen atoms in total. The molecule has 0 saturated carbocycles. The Morgan fingerprint density at radius 3 is 2.89 bits per heavy atom. The molecule has 2 N–H and O–H groups in total. The van der Waals surface area contributed by atoms with Crippen molar-refractivity contribution in [2.24, 2.45) is 5.73 Å². The van der Waals surface area contributed by atoms with Crippen molar-refractivity contribution in [3.63, 3.8) is 0 Å². The Morgan fingerprint density at radius 1 is 1.42 bits per heavy atom. The van der Waals surface area contributed by atoms with Crippen molar-refractivity contribution in [2.45, 2.75) is 26.0 Å². The highest BCUT2D eigenvalue weighted by atomic mass is 35.5. The van der Waals surface area contributed by atoms with Gasteiger partial charge in [-0.3, -0.25) is 0 Å². The summed E-state index contributed by atoms with van der Waals surface area (Å²) >= 11 is 5.91. The van der Waals surface area contributed by atoms with Gasteiger partial charge in [0.25, 0.3) is 5.89 Å². The van der Waals surface area contributed by atoms with E-state index >= 15 is 0 Å². The highest BCUT2D eigenvalue weighted by Gasteiger charge is 2.16. The molecule has 0 fully saturated rings. The van der Waals surface area contributed by atoms with Crippen LogP contribution in [0.3, 0.4) is 0 Å². The largest absolute Gasteiger partial charge is 0.377 e. The van der Waals surface area contributed by atoms with E-state index in [0.717, 1.165) is 5.56 Å². The smallest absolute Gasteiger partial charge is 0.258 e. The first kappa shape index (κ1) is 14.0. The van der Waals surface area contributed by atoms with Crippen molar-refractivity contribution in [2.75, 3.05) is 6.61 Å². The summed E-state index contributed by atoms with van der Waals surface area (Å²) in [5.74, 6) is 0.827. The minimum atomic E-state index is -0.404. The number of aromatic nitrogens is 2. The van der Waals surface area contributed by atoms with Gasteiger partial charge in [-0.2, -0.15) is 4.98 Å². The minimum Gasteiger partial charge on any atom is -0.377 e. The molecule has 1 atom stereocenters. The number of rotatable bonds is 5. The van der Waals surface area contributed by atoms with Gasteiger partial charge in [0.05, 0.1) is 18.8 Å². The molecule has 2 aromatic rings. The number of nitrogens with two attached hydrogens (primary N) is 1. The van der Waals surface area contributed by atoms with Crippen molar-refractivity contribution >= 4 is 11.6 Å². The van der Waals surface area contributed by atoms with Crippen LogP contribution in [0.1, 0.15) is 25.7 Å². The van der Waals surface area contributed by atoms with Gasteiger partial charge in [0.15, 0.2) is 5.82 Å². The van der Waals surface area contributed by atoms with Crippen LogP contribution in [0.2, 0.25) is 5.02 Å². The van der Waals surface area contributed by atoms with E-state index < -0.39 is 6.04 Å². The maximum atomic E-state index is 5.93. The Hall–Kier alpha value is -1.43. The number of benzene rings is 1. The first-order valence-corrected chi connectivity index (χ1v) is 6.41. The zero-order valence-corrected chi connectivity index (χ0v) is 11.6. The topological polar surface area (TPSA) is 74.2 Å². The molecule has 6 heteroatoms. The number of halogens is 1. The van der Waals surface area contributed by atoms with E-state index in [0.29, 0.717) is 23.3 Å². The van der Waals surface area contributed by atoms with Crippen molar-refractivity contribution in [3.05, 3.63) is 35.1 Å². The maximum Gasteiger partial charge on any atom is 0.258 e. The standard InChI is InChI=1S/C13H16ClN3O2/c1-8(2)18-7-11(15)12-16-13(19-17-12)9-4-3-5-10(14)6-9/h3-6,8,11H,7,15H2,1-2H3. The minimum absolute atomic E-state index is 0.116. The lowest BCUT2D eigenvalue weighted by molar-refractivity contribution is 0.0665. The van der Waals surface area contributed by atoms with Gasteiger partial charge in [0.2, 0.25) is 0 Å². The summed E-state index contributed by atoms with van der Waals surface area (Å²) in [7, 11) is 0. The van der Waals surface area contributed by atoms with Crippen LogP contribution in [0.5, 0.6) is 0 Å². The average molecular weight is 282 g/mol. The zero-order chi connectivity index (χ0) is 13.8. The number of ether oxygens (including phenoxy) is 1. The summed E-state index contributed by atoms with van der Waals surface area (Å²) in [5.41, 5.74) is 6.70. The molecule has 0 spiro atoms. The monoisotopic (exact) mass is 281 g/mol. The predicted octanol–water partition coefficient (Wildman–Crippen LogP) is 2.81. The molecule has 1 heterocycles. The number of hydrogen-bond acceptors (Lipinski definition) is 5. The SMILES string of the molecule is CC(C)OCC(N)c1noc(-c2cccc(Cl)c2)n1. The van der Waals surface area contributed by atoms with Crippen LogP contribution in [0.4, 0.5) is 0 Å². The lowest BCUT2D eigenvalue weighted by atomic mass is 10.2. The summed E-state index contributed by atoms with van der Waals surface area (Å²) in [6.07, 6.45) is 0.116. The summed E-state index contributed by atoms with van der Waals surface area (Å²) < 4.78 is 10.6. The van der Waals surface area contributed by atoms with E-state index in [-0.39, 0.29) is 6.10 Å². The van der Waals surface area contributed by atoms with Crippen LogP contribution >= 0.6 is 11.6 Å². The van der Waals surface area contributed by atoms with Gasteiger partial charge in [-0.05, 0) is 32.0 Å². The molecule has 0 aliphatic heterocycles. The third-order valence-corrected chi connectivity index (χ3v) is 2.69. The van der Waals surface area contributed by atoms with Crippen molar-refractivity contribution in [1.82, 2.24) is 10.1 Å². The predicted molar refractivity (Wildman–Crippen MR) is 72.8 cm³/mol. The third-order valence-electron chi connectivity index (χ3n) is 2.45. The molecule has 2 rings (SSSR count). The van der Waals surface area contributed by atoms with Gasteiger partial charge in [-0.15, -0.1) is 0 Å². The van der Waals surface area contributed by atoms with Crippen LogP contribution in [-0.2, 0) is 4.74 Å². The van der Waals surface area contributed by atoms with Crippen LogP contribution in [-0.4, -0.2) is 22.9 Å². The summed E-state index contributed by atoms with van der Waals surface area (Å²) in [4.78, 5) is 4.26. The number of hydrogen-bond donors (Lipinski definition) is 1. The van der Waals surface area contributed by atoms with E-state index in [2.05, 4.69) is 10.1 Å². The van der Waals surface area contributed by atoms with Crippen molar-refractivity contribution in [1.29, 1.82) is 0 Å². The molecule has 0 aliphatic rings. The normalized spacial score (nSPS) is 12.9. The molecule has 0 aliphatic carbocycles. The molecule has 1 unspecified atom stereocenters. The molecule has 102 valence electrons. The molecular weight excluding hydrogens is 266 g/mol. The molecule has 0 radical (unpaired) electrons. The van der Waals surface area contributed by atoms with E-state index in [1.165, 1.54) is 0 Å². The fourth-order valence-electron chi connectivity index (χ4n) is 1.49. The van der Waals surface area contributed by atoms with Crippen LogP contribution in [0.25, 0.3) is 11.5 Å². The second-order valence-corrected chi connectivity index (χ2v) is 4.89. The molecule has 0 saturated heterocycles. The van der Waals surface area contributed by atoms with Gasteiger partial charge in [0.1, 0.15) is 0 Å². The lowest BCUT2D eigenvalue weighted by Crippen LogP contribution is -2.20. The second-order valence-electron chi connectivity index (χ2n) is 4.46. The Labute approximate surface area is 116 Å². The van der Waals surface area contributed by atoms with Gasteiger partial charge < -0.3 is 15.0 Å². The second kappa shape index (κ2) is 6.14.